The smallest absolute Gasteiger partial charge is 0.417 e. The van der Waals surface area contributed by atoms with Crippen LogP contribution in [0.15, 0.2) is 42.5 Å². The molecule has 1 aliphatic rings. The maximum atomic E-state index is 13.8. The van der Waals surface area contributed by atoms with Gasteiger partial charge in [-0.15, -0.1) is 0 Å². The summed E-state index contributed by atoms with van der Waals surface area (Å²) in [5.41, 5.74) is -4.27. The molecule has 1 heterocycles. The lowest BCUT2D eigenvalue weighted by molar-refractivity contribution is -0.143. The second-order valence-electron chi connectivity index (χ2n) is 10.0. The molecule has 1 fully saturated rings. The van der Waals surface area contributed by atoms with Crippen molar-refractivity contribution in [2.75, 3.05) is 20.2 Å². The Morgan fingerprint density at radius 3 is 1.86 bits per heavy atom. The summed E-state index contributed by atoms with van der Waals surface area (Å²) in [6.45, 7) is 5.27. The van der Waals surface area contributed by atoms with Crippen molar-refractivity contribution in [3.63, 3.8) is 0 Å². The zero-order chi connectivity index (χ0) is 31.9. The number of likely N-dealkylation sites (tertiary alicyclic amines) is 1. The van der Waals surface area contributed by atoms with Crippen molar-refractivity contribution in [3.05, 3.63) is 64.7 Å². The van der Waals surface area contributed by atoms with Gasteiger partial charge in [0.15, 0.2) is 0 Å². The molecule has 3 N–H and O–H groups in total. The summed E-state index contributed by atoms with van der Waals surface area (Å²) >= 11 is 0. The van der Waals surface area contributed by atoms with Gasteiger partial charge in [-0.2, -0.15) is 26.3 Å². The molecule has 1 atom stereocenters. The lowest BCUT2D eigenvalue weighted by atomic mass is 9.86. The average Bonchev–Trinajstić information content (AvgIpc) is 3.45. The van der Waals surface area contributed by atoms with Gasteiger partial charge in [-0.25, -0.2) is 0 Å². The third kappa shape index (κ3) is 9.10. The summed E-state index contributed by atoms with van der Waals surface area (Å²) in [6, 6.07) is 8.37. The molecule has 2 aromatic rings. The second-order valence-corrected chi connectivity index (χ2v) is 10.0. The van der Waals surface area contributed by atoms with Gasteiger partial charge < -0.3 is 20.3 Å². The van der Waals surface area contributed by atoms with Crippen molar-refractivity contribution in [3.8, 4) is 5.75 Å². The van der Waals surface area contributed by atoms with E-state index in [0.29, 0.717) is 11.6 Å². The number of amides is 1. The van der Waals surface area contributed by atoms with Gasteiger partial charge in [-0.3, -0.25) is 19.3 Å². The van der Waals surface area contributed by atoms with Crippen molar-refractivity contribution in [1.29, 1.82) is 0 Å². The molecule has 1 saturated heterocycles. The Labute approximate surface area is 238 Å². The molecule has 1 amide bonds. The maximum absolute atomic E-state index is 13.8. The van der Waals surface area contributed by atoms with Gasteiger partial charge in [-0.05, 0) is 57.5 Å². The highest BCUT2D eigenvalue weighted by Gasteiger charge is 2.44. The number of hydrogen-bond donors (Lipinski definition) is 3. The number of alkyl halides is 6. The molecular weight excluding hydrogens is 574 g/mol. The molecule has 0 spiro atoms. The molecule has 0 bridgehead atoms. The number of hydrogen-bond acceptors (Lipinski definition) is 5. The number of carboxylic acids is 2. The lowest BCUT2D eigenvalue weighted by Gasteiger charge is -2.42. The van der Waals surface area contributed by atoms with E-state index in [-0.39, 0.29) is 18.9 Å². The maximum Gasteiger partial charge on any atom is 0.417 e. The zero-order valence-corrected chi connectivity index (χ0v) is 23.1. The molecule has 8 nitrogen and oxygen atoms in total. The fourth-order valence-electron chi connectivity index (χ4n) is 4.60. The van der Waals surface area contributed by atoms with Crippen LogP contribution in [0.2, 0.25) is 0 Å². The normalized spacial score (nSPS) is 14.9. The van der Waals surface area contributed by atoms with Gasteiger partial charge in [-0.1, -0.05) is 30.3 Å². The summed E-state index contributed by atoms with van der Waals surface area (Å²) in [4.78, 5) is 34.7. The minimum atomic E-state index is -5.21. The van der Waals surface area contributed by atoms with Crippen molar-refractivity contribution in [2.45, 2.75) is 63.5 Å². The molecule has 232 valence electrons. The number of methoxy groups -OCH3 is 1. The number of nitrogens with zero attached hydrogens (tertiary/aromatic N) is 1. The van der Waals surface area contributed by atoms with Gasteiger partial charge in [0.2, 0.25) is 0 Å². The van der Waals surface area contributed by atoms with E-state index in [1.807, 2.05) is 13.8 Å². The first-order valence-corrected chi connectivity index (χ1v) is 12.8. The van der Waals surface area contributed by atoms with Gasteiger partial charge in [0, 0.05) is 5.54 Å². The van der Waals surface area contributed by atoms with E-state index in [1.165, 1.54) is 0 Å². The number of halogens is 6. The zero-order valence-electron chi connectivity index (χ0n) is 23.1. The molecule has 0 radical (unpaired) electrons. The van der Waals surface area contributed by atoms with Crippen molar-refractivity contribution in [1.82, 2.24) is 10.2 Å². The third-order valence-corrected chi connectivity index (χ3v) is 6.77. The number of carbonyl (C=O) groups excluding carboxylic acids is 1. The van der Waals surface area contributed by atoms with Crippen molar-refractivity contribution >= 4 is 17.8 Å². The van der Waals surface area contributed by atoms with Gasteiger partial charge in [0.1, 0.15) is 5.75 Å². The van der Waals surface area contributed by atoms with Crippen LogP contribution >= 0.6 is 0 Å². The van der Waals surface area contributed by atoms with Gasteiger partial charge in [0.05, 0.1) is 42.7 Å². The van der Waals surface area contributed by atoms with Crippen LogP contribution in [0, 0.1) is 0 Å². The van der Waals surface area contributed by atoms with Crippen LogP contribution in [0.4, 0.5) is 26.3 Å². The van der Waals surface area contributed by atoms with Crippen LogP contribution in [-0.4, -0.2) is 58.7 Å². The standard InChI is InChI=1S/C24H26F6N2O2.C4H6O4/c1-22(2,32-11-7-8-12-32)20(15-9-5-4-6-10-15)31-21(33)19-17(24(28,29)30)13-16(23(25,26)27)14-18(19)34-3;5-3(6)1-2-4(7)8/h4-6,9-10,13-14,20H,7-8,11-12H2,1-3H3,(H,31,33);1-2H2,(H,5,6)(H,7,8)/t20-;/m1./s1. The largest absolute Gasteiger partial charge is 0.496 e. The quantitative estimate of drug-likeness (QED) is 0.299. The number of nitrogens with one attached hydrogen (secondary N) is 1. The topological polar surface area (TPSA) is 116 Å². The van der Waals surface area contributed by atoms with E-state index in [0.717, 1.165) is 33.0 Å². The predicted octanol–water partition coefficient (Wildman–Crippen LogP) is 6.01. The number of carboxylic acid groups (broad SMARTS) is 2. The highest BCUT2D eigenvalue weighted by Crippen LogP contribution is 2.42. The second kappa shape index (κ2) is 13.9. The predicted molar refractivity (Wildman–Crippen MR) is 139 cm³/mol. The van der Waals surface area contributed by atoms with Crippen LogP contribution < -0.4 is 10.1 Å². The molecule has 3 rings (SSSR count). The van der Waals surface area contributed by atoms with E-state index in [4.69, 9.17) is 14.9 Å². The molecule has 14 heteroatoms. The molecule has 42 heavy (non-hydrogen) atoms. The Balaban J connectivity index is 0.000000675. The molecule has 0 saturated carbocycles. The van der Waals surface area contributed by atoms with Gasteiger partial charge in [0.25, 0.3) is 5.91 Å². The molecule has 0 aliphatic carbocycles. The molecule has 0 unspecified atom stereocenters. The monoisotopic (exact) mass is 606 g/mol. The highest BCUT2D eigenvalue weighted by atomic mass is 19.4. The summed E-state index contributed by atoms with van der Waals surface area (Å²) in [7, 11) is 0.926. The number of aliphatic carboxylic acids is 2. The Hall–Kier alpha value is -3.81. The fourth-order valence-corrected chi connectivity index (χ4v) is 4.60. The van der Waals surface area contributed by atoms with Crippen LogP contribution in [0.1, 0.15) is 72.6 Å². The van der Waals surface area contributed by atoms with E-state index < -0.39 is 64.2 Å². The number of carbonyl (C=O) groups is 3. The third-order valence-electron chi connectivity index (χ3n) is 6.77. The van der Waals surface area contributed by atoms with E-state index >= 15 is 0 Å². The number of ether oxygens (including phenoxy) is 1. The Bertz CT molecular complexity index is 1230. The van der Waals surface area contributed by atoms with E-state index in [9.17, 15) is 40.7 Å². The van der Waals surface area contributed by atoms with E-state index in [2.05, 4.69) is 10.2 Å². The molecule has 1 aliphatic heterocycles. The van der Waals surface area contributed by atoms with Crippen molar-refractivity contribution < 1.29 is 55.7 Å². The first-order chi connectivity index (χ1) is 19.4. The van der Waals surface area contributed by atoms with Crippen LogP contribution in [0.3, 0.4) is 0 Å². The minimum Gasteiger partial charge on any atom is -0.496 e. The van der Waals surface area contributed by atoms with Crippen LogP contribution in [0.25, 0.3) is 0 Å². The Kier molecular flexibility index (Phi) is 11.4. The summed E-state index contributed by atoms with van der Waals surface area (Å²) in [5, 5.41) is 18.5. The highest BCUT2D eigenvalue weighted by molar-refractivity contribution is 5.99. The average molecular weight is 607 g/mol. The van der Waals surface area contributed by atoms with E-state index in [1.54, 1.807) is 30.3 Å². The Morgan fingerprint density at radius 1 is 0.905 bits per heavy atom. The summed E-state index contributed by atoms with van der Waals surface area (Å²) in [5.74, 6) is -4.12. The first-order valence-electron chi connectivity index (χ1n) is 12.8. The SMILES string of the molecule is COc1cc(C(F)(F)F)cc(C(F)(F)F)c1C(=O)N[C@H](c1ccccc1)C(C)(C)N1CCCC1.O=C(O)CCC(=O)O. The summed E-state index contributed by atoms with van der Waals surface area (Å²) < 4.78 is 86.0. The number of rotatable bonds is 9. The fraction of sp³-hybridized carbons (Fsp3) is 0.464. The Morgan fingerprint density at radius 2 is 1.43 bits per heavy atom. The molecular formula is C28H32F6N2O6. The first kappa shape index (κ1) is 34.4. The van der Waals surface area contributed by atoms with Crippen molar-refractivity contribution in [2.24, 2.45) is 0 Å². The minimum absolute atomic E-state index is 0.0550. The van der Waals surface area contributed by atoms with Gasteiger partial charge >= 0.3 is 24.3 Å². The summed E-state index contributed by atoms with van der Waals surface area (Å²) in [6.07, 6.45) is -8.96. The molecule has 0 aromatic heterocycles. The lowest BCUT2D eigenvalue weighted by Crippen LogP contribution is -2.53. The number of benzene rings is 2. The van der Waals surface area contributed by atoms with Crippen LogP contribution in [0.5, 0.6) is 5.75 Å². The molecule has 2 aromatic carbocycles. The van der Waals surface area contributed by atoms with Crippen LogP contribution in [-0.2, 0) is 21.9 Å².